The van der Waals surface area contributed by atoms with E-state index in [1.807, 2.05) is 6.92 Å². The quantitative estimate of drug-likeness (QED) is 0.481. The van der Waals surface area contributed by atoms with Crippen LogP contribution < -0.4 is 15.7 Å². The Hall–Kier alpha value is -1.91. The molecule has 2 rings (SSSR count). The van der Waals surface area contributed by atoms with E-state index in [9.17, 15) is 4.39 Å². The van der Waals surface area contributed by atoms with Crippen molar-refractivity contribution in [2.45, 2.75) is 13.3 Å². The van der Waals surface area contributed by atoms with Crippen LogP contribution in [0.2, 0.25) is 0 Å². The summed E-state index contributed by atoms with van der Waals surface area (Å²) in [6.45, 7) is 3.77. The average molecular weight is 235 g/mol. The molecular weight excluding hydrogens is 219 g/mol. The first-order valence-electron chi connectivity index (χ1n) is 5.66. The largest absolute Gasteiger partial charge is 0.367 e. The van der Waals surface area contributed by atoms with Gasteiger partial charge in [-0.05, 0) is 24.6 Å². The first-order chi connectivity index (χ1) is 8.25. The number of nitrogens with zero attached hydrogens (tertiary/aromatic N) is 1. The molecule has 5 heteroatoms. The third kappa shape index (κ3) is 3.27. The predicted octanol–water partition coefficient (Wildman–Crippen LogP) is -0.431. The Labute approximate surface area is 99.6 Å². The summed E-state index contributed by atoms with van der Waals surface area (Å²) >= 11 is 0. The van der Waals surface area contributed by atoms with Crippen molar-refractivity contribution in [2.24, 2.45) is 5.10 Å². The second-order valence-electron chi connectivity index (χ2n) is 3.90. The van der Waals surface area contributed by atoms with Gasteiger partial charge in [-0.3, -0.25) is 10.3 Å². The molecule has 0 bridgehead atoms. The highest BCUT2D eigenvalue weighted by Crippen LogP contribution is 2.03. The molecule has 0 aromatic heterocycles. The maximum Gasteiger partial charge on any atom is 0.367 e. The van der Waals surface area contributed by atoms with Crippen molar-refractivity contribution in [3.05, 3.63) is 35.6 Å². The molecule has 0 spiro atoms. The van der Waals surface area contributed by atoms with Crippen LogP contribution >= 0.6 is 0 Å². The van der Waals surface area contributed by atoms with Gasteiger partial charge in [0.1, 0.15) is 5.82 Å². The van der Waals surface area contributed by atoms with Crippen molar-refractivity contribution >= 4 is 11.7 Å². The molecule has 0 amide bonds. The molecule has 0 saturated carbocycles. The third-order valence-electron chi connectivity index (χ3n) is 2.55. The van der Waals surface area contributed by atoms with Gasteiger partial charge >= 0.3 is 5.96 Å². The van der Waals surface area contributed by atoms with Crippen molar-refractivity contribution in [1.82, 2.24) is 10.7 Å². The molecule has 1 aliphatic heterocycles. The number of halogens is 1. The van der Waals surface area contributed by atoms with Crippen LogP contribution in [-0.2, 0) is 0 Å². The van der Waals surface area contributed by atoms with Crippen LogP contribution in [0.1, 0.15) is 18.9 Å². The minimum Gasteiger partial charge on any atom is -0.276 e. The van der Waals surface area contributed by atoms with E-state index in [4.69, 9.17) is 0 Å². The Kier molecular flexibility index (Phi) is 3.69. The molecule has 4 nitrogen and oxygen atoms in total. The number of hydrogen-bond acceptors (Lipinski definition) is 3. The summed E-state index contributed by atoms with van der Waals surface area (Å²) < 4.78 is 12.7. The van der Waals surface area contributed by atoms with Gasteiger partial charge in [-0.25, -0.2) is 4.39 Å². The van der Waals surface area contributed by atoms with Gasteiger partial charge in [-0.2, -0.15) is 5.43 Å². The fourth-order valence-electron chi connectivity index (χ4n) is 1.55. The lowest BCUT2D eigenvalue weighted by Gasteiger charge is -2.07. The maximum atomic E-state index is 12.7. The normalized spacial score (nSPS) is 16.1. The van der Waals surface area contributed by atoms with Gasteiger partial charge in [-0.1, -0.05) is 12.1 Å². The zero-order chi connectivity index (χ0) is 12.1. The average Bonchev–Trinajstić information content (AvgIpc) is 2.38. The van der Waals surface area contributed by atoms with E-state index >= 15 is 0 Å². The highest BCUT2D eigenvalue weighted by molar-refractivity contribution is 5.99. The fraction of sp³-hybridized carbons (Fsp3) is 0.333. The second-order valence-corrected chi connectivity index (χ2v) is 3.90. The number of nitrogens with one attached hydrogen (secondary N) is 3. The standard InChI is InChI=1S/C12H15FN4/c1-9(10-3-5-11(13)6-4-10)16-17-12-14-7-2-8-15-12/h3-6H,2,7-8H2,1H3,(H2,14,15,17)/p+1. The van der Waals surface area contributed by atoms with Crippen molar-refractivity contribution < 1.29 is 9.38 Å². The lowest BCUT2D eigenvalue weighted by molar-refractivity contribution is -0.466. The second kappa shape index (κ2) is 5.43. The van der Waals surface area contributed by atoms with Crippen LogP contribution in [0.15, 0.2) is 29.4 Å². The van der Waals surface area contributed by atoms with Crippen LogP contribution in [-0.4, -0.2) is 24.8 Å². The molecule has 1 aromatic rings. The third-order valence-corrected chi connectivity index (χ3v) is 2.55. The molecule has 90 valence electrons. The van der Waals surface area contributed by atoms with Gasteiger partial charge in [0.15, 0.2) is 0 Å². The Morgan fingerprint density at radius 3 is 2.82 bits per heavy atom. The molecule has 1 aliphatic rings. The topological polar surface area (TPSA) is 50.4 Å². The minimum atomic E-state index is -0.237. The van der Waals surface area contributed by atoms with E-state index in [1.54, 1.807) is 12.1 Å². The van der Waals surface area contributed by atoms with Crippen molar-refractivity contribution in [3.63, 3.8) is 0 Å². The Morgan fingerprint density at radius 2 is 2.18 bits per heavy atom. The highest BCUT2D eigenvalue weighted by Gasteiger charge is 2.09. The summed E-state index contributed by atoms with van der Waals surface area (Å²) in [5, 5.41) is 7.39. The molecule has 17 heavy (non-hydrogen) atoms. The van der Waals surface area contributed by atoms with Crippen LogP contribution in [0, 0.1) is 5.82 Å². The van der Waals surface area contributed by atoms with Gasteiger partial charge in [0.05, 0.1) is 18.8 Å². The Bertz CT molecular complexity index is 436. The summed E-state index contributed by atoms with van der Waals surface area (Å²) in [6, 6.07) is 6.28. The molecule has 0 fully saturated rings. The van der Waals surface area contributed by atoms with Gasteiger partial charge < -0.3 is 0 Å². The molecule has 3 N–H and O–H groups in total. The number of benzene rings is 1. The van der Waals surface area contributed by atoms with Crippen LogP contribution in [0.4, 0.5) is 4.39 Å². The van der Waals surface area contributed by atoms with Crippen molar-refractivity contribution in [1.29, 1.82) is 0 Å². The maximum absolute atomic E-state index is 12.7. The fourth-order valence-corrected chi connectivity index (χ4v) is 1.55. The first-order valence-corrected chi connectivity index (χ1v) is 5.66. The van der Waals surface area contributed by atoms with E-state index < -0.39 is 0 Å². The first kappa shape index (κ1) is 11.6. The Morgan fingerprint density at radius 1 is 1.41 bits per heavy atom. The molecule has 0 radical (unpaired) electrons. The predicted molar refractivity (Wildman–Crippen MR) is 65.2 cm³/mol. The van der Waals surface area contributed by atoms with Crippen LogP contribution in [0.5, 0.6) is 0 Å². The van der Waals surface area contributed by atoms with Crippen molar-refractivity contribution in [2.75, 3.05) is 13.1 Å². The molecule has 0 unspecified atom stereocenters. The molecule has 0 saturated heterocycles. The SMILES string of the molecule is CC(=NNC1=[NH+]CCCN1)c1ccc(F)cc1. The lowest BCUT2D eigenvalue weighted by Crippen LogP contribution is -2.81. The van der Waals surface area contributed by atoms with E-state index in [0.29, 0.717) is 0 Å². The highest BCUT2D eigenvalue weighted by atomic mass is 19.1. The van der Waals surface area contributed by atoms with E-state index in [2.05, 4.69) is 20.8 Å². The van der Waals surface area contributed by atoms with E-state index in [1.165, 1.54) is 12.1 Å². The number of hydrazone groups is 1. The summed E-state index contributed by atoms with van der Waals surface area (Å²) in [6.07, 6.45) is 1.10. The minimum absolute atomic E-state index is 0.237. The monoisotopic (exact) mass is 235 g/mol. The van der Waals surface area contributed by atoms with Gasteiger partial charge in [0, 0.05) is 6.42 Å². The number of guanidine groups is 1. The van der Waals surface area contributed by atoms with Crippen LogP contribution in [0.3, 0.4) is 0 Å². The molecule has 1 aromatic carbocycles. The molecule has 0 atom stereocenters. The molecule has 0 aliphatic carbocycles. The number of hydrogen-bond donors (Lipinski definition) is 3. The Balaban J connectivity index is 2.01. The number of rotatable bonds is 2. The molecular formula is C12H16FN4+. The zero-order valence-electron chi connectivity index (χ0n) is 9.76. The lowest BCUT2D eigenvalue weighted by atomic mass is 10.1. The van der Waals surface area contributed by atoms with E-state index in [0.717, 1.165) is 36.7 Å². The summed E-state index contributed by atoms with van der Waals surface area (Å²) in [5.41, 5.74) is 4.63. The van der Waals surface area contributed by atoms with Crippen molar-refractivity contribution in [3.8, 4) is 0 Å². The molecule has 1 heterocycles. The summed E-state index contributed by atoms with van der Waals surface area (Å²) in [4.78, 5) is 3.16. The smallest absolute Gasteiger partial charge is 0.276 e. The van der Waals surface area contributed by atoms with Gasteiger partial charge in [-0.15, -0.1) is 5.10 Å². The van der Waals surface area contributed by atoms with Crippen LogP contribution in [0.25, 0.3) is 0 Å². The van der Waals surface area contributed by atoms with Gasteiger partial charge in [0.2, 0.25) is 0 Å². The summed E-state index contributed by atoms with van der Waals surface area (Å²) in [5.74, 6) is 0.581. The van der Waals surface area contributed by atoms with Gasteiger partial charge in [0.25, 0.3) is 0 Å². The van der Waals surface area contributed by atoms with E-state index in [-0.39, 0.29) is 5.82 Å². The summed E-state index contributed by atoms with van der Waals surface area (Å²) in [7, 11) is 0. The zero-order valence-corrected chi connectivity index (χ0v) is 9.76.